The van der Waals surface area contributed by atoms with Crippen LogP contribution in [-0.4, -0.2) is 27.2 Å². The molecule has 0 amide bonds. The van der Waals surface area contributed by atoms with Gasteiger partial charge >= 0.3 is 0 Å². The molecular formula is C27H44O3. The summed E-state index contributed by atoms with van der Waals surface area (Å²) in [4.78, 5) is 0. The molecule has 30 heavy (non-hydrogen) atoms. The standard InChI is InChI=1S/C27H44O3/c1-18(2)8-6-9-19(3)23-13-14-24-21(10-7-15-26(23,24)5)11-12-22-16-27(29,30)17-25(28)20(22)4/h11-12,18-19,23-25,28-30H,4,6-10,13-17H2,1-3,5H3/b21-11+,22-12-/t19-,23-,24?,25-,26-/m1/s1. The minimum absolute atomic E-state index is 0.0587. The minimum Gasteiger partial charge on any atom is -0.388 e. The molecular weight excluding hydrogens is 372 g/mol. The van der Waals surface area contributed by atoms with Gasteiger partial charge in [0.15, 0.2) is 5.79 Å². The number of rotatable bonds is 6. The molecule has 0 bridgehead atoms. The zero-order chi connectivity index (χ0) is 22.1. The Morgan fingerprint density at radius 1 is 1.13 bits per heavy atom. The van der Waals surface area contributed by atoms with Crippen LogP contribution < -0.4 is 0 Å². The van der Waals surface area contributed by atoms with E-state index < -0.39 is 11.9 Å². The molecule has 0 radical (unpaired) electrons. The number of allylic oxidation sites excluding steroid dienone is 3. The first-order chi connectivity index (χ1) is 14.0. The van der Waals surface area contributed by atoms with E-state index in [2.05, 4.69) is 40.3 Å². The third kappa shape index (κ3) is 5.11. The maximum absolute atomic E-state index is 10.1. The van der Waals surface area contributed by atoms with Crippen LogP contribution in [-0.2, 0) is 0 Å². The lowest BCUT2D eigenvalue weighted by Gasteiger charge is -2.44. The lowest BCUT2D eigenvalue weighted by Crippen LogP contribution is -2.39. The largest absolute Gasteiger partial charge is 0.388 e. The van der Waals surface area contributed by atoms with Crippen LogP contribution in [0.2, 0.25) is 0 Å². The quantitative estimate of drug-likeness (QED) is 0.472. The molecule has 3 fully saturated rings. The van der Waals surface area contributed by atoms with E-state index >= 15 is 0 Å². The Labute approximate surface area is 184 Å². The Balaban J connectivity index is 1.74. The maximum Gasteiger partial charge on any atom is 0.169 e. The summed E-state index contributed by atoms with van der Waals surface area (Å²) < 4.78 is 0. The average Bonchev–Trinajstić information content (AvgIpc) is 3.00. The fraction of sp³-hybridized carbons (Fsp3) is 0.778. The molecule has 1 unspecified atom stereocenters. The molecule has 3 aliphatic carbocycles. The third-order valence-corrected chi connectivity index (χ3v) is 8.47. The van der Waals surface area contributed by atoms with Crippen LogP contribution in [0, 0.1) is 29.1 Å². The molecule has 0 aromatic heterocycles. The molecule has 3 aliphatic rings. The van der Waals surface area contributed by atoms with Crippen molar-refractivity contribution in [2.75, 3.05) is 0 Å². The predicted molar refractivity (Wildman–Crippen MR) is 124 cm³/mol. The Bertz CT molecular complexity index is 686. The summed E-state index contributed by atoms with van der Waals surface area (Å²) in [5.41, 5.74) is 3.31. The van der Waals surface area contributed by atoms with Crippen molar-refractivity contribution in [2.24, 2.45) is 29.1 Å². The molecule has 0 aliphatic heterocycles. The van der Waals surface area contributed by atoms with Gasteiger partial charge in [0, 0.05) is 12.8 Å². The van der Waals surface area contributed by atoms with Gasteiger partial charge in [0.05, 0.1) is 6.10 Å². The van der Waals surface area contributed by atoms with Crippen LogP contribution >= 0.6 is 0 Å². The van der Waals surface area contributed by atoms with E-state index in [1.165, 1.54) is 50.5 Å². The van der Waals surface area contributed by atoms with Gasteiger partial charge in [0.2, 0.25) is 0 Å². The van der Waals surface area contributed by atoms with E-state index in [1.807, 2.05) is 6.08 Å². The summed E-state index contributed by atoms with van der Waals surface area (Å²) in [5.74, 6) is 1.19. The van der Waals surface area contributed by atoms with Gasteiger partial charge < -0.3 is 15.3 Å². The topological polar surface area (TPSA) is 60.7 Å². The first-order valence-corrected chi connectivity index (χ1v) is 12.2. The van der Waals surface area contributed by atoms with Crippen molar-refractivity contribution in [1.29, 1.82) is 0 Å². The van der Waals surface area contributed by atoms with Crippen LogP contribution in [0.4, 0.5) is 0 Å². The zero-order valence-electron chi connectivity index (χ0n) is 19.7. The first-order valence-electron chi connectivity index (χ1n) is 12.2. The SMILES string of the molecule is C=C1/C(=C\C=C2/CCC[C@@]3(C)C2CC[C@@H]3[C@H](C)CCCC(C)C)CC(O)(O)C[C@H]1O. The Morgan fingerprint density at radius 2 is 1.87 bits per heavy atom. The zero-order valence-corrected chi connectivity index (χ0v) is 19.7. The van der Waals surface area contributed by atoms with Gasteiger partial charge in [-0.3, -0.25) is 0 Å². The van der Waals surface area contributed by atoms with Crippen molar-refractivity contribution in [3.05, 3.63) is 35.5 Å². The van der Waals surface area contributed by atoms with Gasteiger partial charge in [-0.25, -0.2) is 0 Å². The fourth-order valence-electron chi connectivity index (χ4n) is 6.77. The highest BCUT2D eigenvalue weighted by Crippen LogP contribution is 2.60. The Kier molecular flexibility index (Phi) is 7.37. The number of aliphatic hydroxyl groups is 3. The molecule has 3 heteroatoms. The Morgan fingerprint density at radius 3 is 2.57 bits per heavy atom. The highest BCUT2D eigenvalue weighted by atomic mass is 16.5. The number of aliphatic hydroxyl groups excluding tert-OH is 1. The lowest BCUT2D eigenvalue weighted by molar-refractivity contribution is -0.181. The fourth-order valence-corrected chi connectivity index (χ4v) is 6.77. The number of hydrogen-bond donors (Lipinski definition) is 3. The molecule has 3 N–H and O–H groups in total. The Hall–Kier alpha value is -0.900. The predicted octanol–water partition coefficient (Wildman–Crippen LogP) is 5.91. The van der Waals surface area contributed by atoms with Gasteiger partial charge in [0.25, 0.3) is 0 Å². The summed E-state index contributed by atoms with van der Waals surface area (Å²) in [7, 11) is 0. The van der Waals surface area contributed by atoms with Crippen LogP contribution in [0.5, 0.6) is 0 Å². The van der Waals surface area contributed by atoms with E-state index in [-0.39, 0.29) is 12.8 Å². The van der Waals surface area contributed by atoms with Crippen molar-refractivity contribution in [2.45, 2.75) is 104 Å². The summed E-state index contributed by atoms with van der Waals surface area (Å²) in [6.07, 6.45) is 13.8. The van der Waals surface area contributed by atoms with E-state index in [0.717, 1.165) is 29.7 Å². The van der Waals surface area contributed by atoms with Crippen LogP contribution in [0.1, 0.15) is 91.9 Å². The molecule has 3 saturated carbocycles. The van der Waals surface area contributed by atoms with Crippen molar-refractivity contribution in [3.63, 3.8) is 0 Å². The molecule has 0 aromatic carbocycles. The second kappa shape index (κ2) is 9.30. The van der Waals surface area contributed by atoms with Gasteiger partial charge in [0.1, 0.15) is 0 Å². The average molecular weight is 417 g/mol. The van der Waals surface area contributed by atoms with Gasteiger partial charge in [-0.05, 0) is 72.3 Å². The third-order valence-electron chi connectivity index (χ3n) is 8.47. The molecule has 3 rings (SSSR count). The normalized spacial score (nSPS) is 37.7. The molecule has 0 heterocycles. The molecule has 0 aromatic rings. The van der Waals surface area contributed by atoms with E-state index in [9.17, 15) is 15.3 Å². The number of hydrogen-bond acceptors (Lipinski definition) is 3. The van der Waals surface area contributed by atoms with Gasteiger partial charge in [-0.15, -0.1) is 0 Å². The molecule has 0 saturated heterocycles. The molecule has 0 spiro atoms. The van der Waals surface area contributed by atoms with E-state index in [1.54, 1.807) is 0 Å². The highest BCUT2D eigenvalue weighted by molar-refractivity contribution is 5.39. The maximum atomic E-state index is 10.1. The molecule has 3 nitrogen and oxygen atoms in total. The highest BCUT2D eigenvalue weighted by Gasteiger charge is 2.50. The smallest absolute Gasteiger partial charge is 0.169 e. The minimum atomic E-state index is -1.84. The summed E-state index contributed by atoms with van der Waals surface area (Å²) in [6.45, 7) is 13.6. The van der Waals surface area contributed by atoms with E-state index in [4.69, 9.17) is 0 Å². The van der Waals surface area contributed by atoms with Crippen molar-refractivity contribution in [3.8, 4) is 0 Å². The lowest BCUT2D eigenvalue weighted by atomic mass is 9.60. The van der Waals surface area contributed by atoms with Gasteiger partial charge in [-0.2, -0.15) is 0 Å². The van der Waals surface area contributed by atoms with Gasteiger partial charge in [-0.1, -0.05) is 71.3 Å². The second-order valence-corrected chi connectivity index (χ2v) is 11.2. The molecule has 170 valence electrons. The molecule has 5 atom stereocenters. The number of fused-ring (bicyclic) bond motifs is 1. The van der Waals surface area contributed by atoms with Crippen LogP contribution in [0.15, 0.2) is 35.5 Å². The van der Waals surface area contributed by atoms with Crippen LogP contribution in [0.3, 0.4) is 0 Å². The summed E-state index contributed by atoms with van der Waals surface area (Å²) >= 11 is 0. The summed E-state index contributed by atoms with van der Waals surface area (Å²) in [6, 6.07) is 0. The first kappa shape index (κ1) is 23.8. The van der Waals surface area contributed by atoms with Crippen molar-refractivity contribution >= 4 is 0 Å². The van der Waals surface area contributed by atoms with Crippen LogP contribution in [0.25, 0.3) is 0 Å². The second-order valence-electron chi connectivity index (χ2n) is 11.2. The van der Waals surface area contributed by atoms with E-state index in [0.29, 0.717) is 16.9 Å². The monoisotopic (exact) mass is 416 g/mol. The van der Waals surface area contributed by atoms with Crippen molar-refractivity contribution in [1.82, 2.24) is 0 Å². The van der Waals surface area contributed by atoms with Crippen molar-refractivity contribution < 1.29 is 15.3 Å². The summed E-state index contributed by atoms with van der Waals surface area (Å²) in [5, 5.41) is 30.2.